The van der Waals surface area contributed by atoms with Gasteiger partial charge in [-0.15, -0.1) is 0 Å². The molecule has 2 aromatic carbocycles. The first-order chi connectivity index (χ1) is 17.2. The fourth-order valence-electron chi connectivity index (χ4n) is 5.07. The van der Waals surface area contributed by atoms with E-state index in [1.165, 1.54) is 32.5 Å². The smallest absolute Gasteiger partial charge is 0.162 e. The molecule has 35 heavy (non-hydrogen) atoms. The lowest BCUT2D eigenvalue weighted by molar-refractivity contribution is 0.305. The highest BCUT2D eigenvalue weighted by atomic mass is 32.2. The van der Waals surface area contributed by atoms with Crippen LogP contribution in [-0.4, -0.2) is 64.1 Å². The number of nitrogens with one attached hydrogen (secondary N) is 1. The highest BCUT2D eigenvalue weighted by Gasteiger charge is 2.19. The molecule has 7 heteroatoms. The van der Waals surface area contributed by atoms with Crippen molar-refractivity contribution in [1.82, 2.24) is 29.1 Å². The van der Waals surface area contributed by atoms with Crippen molar-refractivity contribution < 1.29 is 0 Å². The van der Waals surface area contributed by atoms with E-state index >= 15 is 0 Å². The maximum absolute atomic E-state index is 4.89. The van der Waals surface area contributed by atoms with Crippen LogP contribution in [-0.2, 0) is 0 Å². The van der Waals surface area contributed by atoms with Gasteiger partial charge >= 0.3 is 0 Å². The van der Waals surface area contributed by atoms with Crippen LogP contribution >= 0.6 is 11.9 Å². The van der Waals surface area contributed by atoms with E-state index < -0.39 is 0 Å². The van der Waals surface area contributed by atoms with Gasteiger partial charge < -0.3 is 10.2 Å². The number of nitrogens with zero attached hydrogens (tertiary/aromatic N) is 5. The first kappa shape index (κ1) is 22.3. The molecule has 1 aliphatic heterocycles. The van der Waals surface area contributed by atoms with Gasteiger partial charge in [0.05, 0.1) is 6.20 Å². The van der Waals surface area contributed by atoms with Gasteiger partial charge in [0.1, 0.15) is 0 Å². The molecule has 6 rings (SSSR count). The summed E-state index contributed by atoms with van der Waals surface area (Å²) in [5.41, 5.74) is 5.67. The predicted molar refractivity (Wildman–Crippen MR) is 144 cm³/mol. The number of rotatable bonds is 5. The van der Waals surface area contributed by atoms with Crippen LogP contribution in [0.3, 0.4) is 0 Å². The van der Waals surface area contributed by atoms with Crippen molar-refractivity contribution in [1.29, 1.82) is 0 Å². The van der Waals surface area contributed by atoms with E-state index in [0.29, 0.717) is 5.92 Å². The Balaban J connectivity index is 1.30. The second-order valence-electron chi connectivity index (χ2n) is 9.34. The normalized spacial score (nSPS) is 18.5. The van der Waals surface area contributed by atoms with Crippen molar-refractivity contribution in [2.45, 2.75) is 17.2 Å². The molecule has 1 atom stereocenters. The highest BCUT2D eigenvalue weighted by Crippen LogP contribution is 2.37. The lowest BCUT2D eigenvalue weighted by Gasteiger charge is -2.32. The number of hydrogen-bond acceptors (Lipinski definition) is 6. The summed E-state index contributed by atoms with van der Waals surface area (Å²) in [4.78, 5) is 8.61. The van der Waals surface area contributed by atoms with Gasteiger partial charge in [0.25, 0.3) is 0 Å². The Morgan fingerprint density at radius 2 is 1.83 bits per heavy atom. The molecule has 2 aromatic heterocycles. The van der Waals surface area contributed by atoms with E-state index in [1.54, 1.807) is 11.9 Å². The number of allylic oxidation sites excluding steroid dienone is 3. The van der Waals surface area contributed by atoms with Gasteiger partial charge in [0, 0.05) is 60.6 Å². The Morgan fingerprint density at radius 1 is 1.00 bits per heavy atom. The fraction of sp³-hybridized carbons (Fsp3) is 0.286. The molecular formula is C28H30N6S. The number of aromatic nitrogens is 3. The lowest BCUT2D eigenvalue weighted by Crippen LogP contribution is -2.42. The summed E-state index contributed by atoms with van der Waals surface area (Å²) in [6.07, 6.45) is 14.1. The average Bonchev–Trinajstić information content (AvgIpc) is 3.32. The van der Waals surface area contributed by atoms with Crippen LogP contribution in [0.25, 0.3) is 27.5 Å². The molecule has 0 spiro atoms. The molecule has 1 unspecified atom stereocenters. The topological polar surface area (TPSA) is 48.7 Å². The fourth-order valence-corrected chi connectivity index (χ4v) is 5.87. The van der Waals surface area contributed by atoms with Gasteiger partial charge in [0.2, 0.25) is 0 Å². The zero-order chi connectivity index (χ0) is 23.8. The average molecular weight is 483 g/mol. The van der Waals surface area contributed by atoms with Crippen molar-refractivity contribution in [3.63, 3.8) is 0 Å². The van der Waals surface area contributed by atoms with Crippen LogP contribution in [0.1, 0.15) is 17.9 Å². The van der Waals surface area contributed by atoms with E-state index in [1.807, 2.05) is 16.9 Å². The van der Waals surface area contributed by atoms with Gasteiger partial charge in [-0.25, -0.2) is 9.50 Å². The SMILES string of the molecule is CN(C)Sc1ccc(-c2cnn3cc(C4C=CC(N5CCNCC5)=CC4)cnc23)c2ccccc12. The molecule has 1 saturated heterocycles. The van der Waals surface area contributed by atoms with E-state index in [9.17, 15) is 0 Å². The summed E-state index contributed by atoms with van der Waals surface area (Å²) < 4.78 is 4.06. The van der Waals surface area contributed by atoms with E-state index in [4.69, 9.17) is 10.1 Å². The van der Waals surface area contributed by atoms with Crippen LogP contribution in [0.15, 0.2) is 83.8 Å². The van der Waals surface area contributed by atoms with Crippen molar-refractivity contribution in [2.24, 2.45) is 0 Å². The molecule has 178 valence electrons. The Labute approximate surface area is 210 Å². The Bertz CT molecular complexity index is 1430. The third-order valence-electron chi connectivity index (χ3n) is 6.82. The van der Waals surface area contributed by atoms with Crippen molar-refractivity contribution in [2.75, 3.05) is 40.3 Å². The predicted octanol–water partition coefficient (Wildman–Crippen LogP) is 4.95. The molecule has 0 radical (unpaired) electrons. The molecule has 0 bridgehead atoms. The number of benzene rings is 2. The molecule has 6 nitrogen and oxygen atoms in total. The van der Waals surface area contributed by atoms with E-state index in [-0.39, 0.29) is 0 Å². The summed E-state index contributed by atoms with van der Waals surface area (Å²) in [6, 6.07) is 13.0. The van der Waals surface area contributed by atoms with Crippen molar-refractivity contribution >= 4 is 28.4 Å². The van der Waals surface area contributed by atoms with Gasteiger partial charge in [-0.05, 0) is 66.5 Å². The number of fused-ring (bicyclic) bond motifs is 2. The van der Waals surface area contributed by atoms with E-state index in [0.717, 1.165) is 43.8 Å². The Kier molecular flexibility index (Phi) is 6.06. The Morgan fingerprint density at radius 3 is 2.60 bits per heavy atom. The minimum Gasteiger partial charge on any atom is -0.369 e. The quantitative estimate of drug-likeness (QED) is 0.406. The lowest BCUT2D eigenvalue weighted by atomic mass is 9.93. The molecular weight excluding hydrogens is 452 g/mol. The summed E-state index contributed by atoms with van der Waals surface area (Å²) in [5.74, 6) is 0.328. The molecule has 3 heterocycles. The van der Waals surface area contributed by atoms with Crippen LogP contribution in [0, 0.1) is 0 Å². The summed E-state index contributed by atoms with van der Waals surface area (Å²) in [6.45, 7) is 4.27. The molecule has 2 aliphatic rings. The molecule has 4 aromatic rings. The molecule has 0 saturated carbocycles. The van der Waals surface area contributed by atoms with Gasteiger partial charge in [-0.1, -0.05) is 42.5 Å². The summed E-state index contributed by atoms with van der Waals surface area (Å²) in [7, 11) is 4.15. The van der Waals surface area contributed by atoms with Crippen LogP contribution in [0.2, 0.25) is 0 Å². The van der Waals surface area contributed by atoms with E-state index in [2.05, 4.69) is 89.4 Å². The van der Waals surface area contributed by atoms with Crippen molar-refractivity contribution in [3.05, 3.63) is 84.5 Å². The maximum Gasteiger partial charge on any atom is 0.162 e. The van der Waals surface area contributed by atoms with Crippen LogP contribution < -0.4 is 5.32 Å². The number of piperazine rings is 1. The van der Waals surface area contributed by atoms with Crippen LogP contribution in [0.5, 0.6) is 0 Å². The standard InChI is InChI=1S/C28H30N6S/c1-32(2)35-27-12-11-24(23-5-3-4-6-25(23)27)26-18-31-34-19-21(17-30-28(26)34)20-7-9-22(10-8-20)33-15-13-29-14-16-33/h3-7,9-12,17-20,29H,8,13-16H2,1-2H3. The van der Waals surface area contributed by atoms with Crippen LogP contribution in [0.4, 0.5) is 0 Å². The van der Waals surface area contributed by atoms with Gasteiger partial charge in [-0.3, -0.25) is 4.31 Å². The summed E-state index contributed by atoms with van der Waals surface area (Å²) >= 11 is 1.74. The van der Waals surface area contributed by atoms with Crippen molar-refractivity contribution in [3.8, 4) is 11.1 Å². The highest BCUT2D eigenvalue weighted by molar-refractivity contribution is 7.97. The third kappa shape index (κ3) is 4.35. The summed E-state index contributed by atoms with van der Waals surface area (Å²) in [5, 5.41) is 10.6. The monoisotopic (exact) mass is 482 g/mol. The first-order valence-corrected chi connectivity index (χ1v) is 13.0. The zero-order valence-electron chi connectivity index (χ0n) is 20.2. The minimum absolute atomic E-state index is 0.328. The molecule has 0 amide bonds. The molecule has 1 aliphatic carbocycles. The molecule has 1 fully saturated rings. The maximum atomic E-state index is 4.89. The second kappa shape index (κ2) is 9.49. The third-order valence-corrected chi connectivity index (χ3v) is 7.74. The first-order valence-electron chi connectivity index (χ1n) is 12.2. The minimum atomic E-state index is 0.328. The number of hydrogen-bond donors (Lipinski definition) is 1. The Hall–Kier alpha value is -3.13. The zero-order valence-corrected chi connectivity index (χ0v) is 21.0. The second-order valence-corrected chi connectivity index (χ2v) is 10.7. The molecule has 1 N–H and O–H groups in total. The van der Waals surface area contributed by atoms with Gasteiger partial charge in [0.15, 0.2) is 5.65 Å². The largest absolute Gasteiger partial charge is 0.369 e. The van der Waals surface area contributed by atoms with Gasteiger partial charge in [-0.2, -0.15) is 5.10 Å².